The minimum Gasteiger partial charge on any atom is -0.380 e. The maximum Gasteiger partial charge on any atom is 0.249 e. The van der Waals surface area contributed by atoms with Crippen LogP contribution in [0.4, 0.5) is 0 Å². The van der Waals surface area contributed by atoms with E-state index in [-0.39, 0.29) is 0 Å². The summed E-state index contributed by atoms with van der Waals surface area (Å²) < 4.78 is 7.55. The molecule has 0 saturated carbocycles. The number of methoxy groups -OCH3 is 1. The number of ether oxygens (including phenoxy) is 1. The molecule has 0 saturated heterocycles. The van der Waals surface area contributed by atoms with Gasteiger partial charge in [0.25, 0.3) is 0 Å². The van der Waals surface area contributed by atoms with E-state index in [0.29, 0.717) is 18.7 Å². The van der Waals surface area contributed by atoms with Crippen LogP contribution in [0.3, 0.4) is 0 Å². The third kappa shape index (κ3) is 2.96. The number of fused-ring (bicyclic) bond motifs is 3. The van der Waals surface area contributed by atoms with Gasteiger partial charge in [-0.05, 0) is 66.4 Å². The number of nitrogens with zero attached hydrogens (tertiary/aromatic N) is 1. The third-order valence-corrected chi connectivity index (χ3v) is 5.48. The molecule has 1 radical (unpaired) electrons. The fourth-order valence-corrected chi connectivity index (χ4v) is 3.88. The van der Waals surface area contributed by atoms with Crippen molar-refractivity contribution in [1.82, 2.24) is 4.57 Å². The van der Waals surface area contributed by atoms with E-state index in [4.69, 9.17) is 10.5 Å². The zero-order valence-corrected chi connectivity index (χ0v) is 16.4. The van der Waals surface area contributed by atoms with E-state index in [1.807, 2.05) is 18.2 Å². The Balaban J connectivity index is 2.04. The first-order chi connectivity index (χ1) is 13.5. The lowest BCUT2D eigenvalue weighted by atomic mass is 10.0. The molecule has 4 heteroatoms. The monoisotopic (exact) mass is 371 g/mol. The second kappa shape index (κ2) is 7.13. The molecule has 4 rings (SSSR count). The van der Waals surface area contributed by atoms with Gasteiger partial charge in [0.1, 0.15) is 0 Å². The van der Waals surface area contributed by atoms with E-state index >= 15 is 0 Å². The molecule has 0 aliphatic heterocycles. The van der Waals surface area contributed by atoms with E-state index in [2.05, 4.69) is 48.7 Å². The van der Waals surface area contributed by atoms with E-state index in [0.717, 1.165) is 27.4 Å². The second-order valence-electron chi connectivity index (χ2n) is 7.21. The number of hydrogen-bond acceptors (Lipinski definition) is 2. The Labute approximate surface area is 164 Å². The van der Waals surface area contributed by atoms with Gasteiger partial charge in [-0.1, -0.05) is 24.3 Å². The van der Waals surface area contributed by atoms with E-state index in [1.165, 1.54) is 16.7 Å². The number of carbonyl (C=O) groups excluding carboxylic acids is 1. The van der Waals surface area contributed by atoms with Gasteiger partial charge >= 0.3 is 0 Å². The predicted octanol–water partition coefficient (Wildman–Crippen LogP) is 4.51. The van der Waals surface area contributed by atoms with E-state index in [9.17, 15) is 4.79 Å². The first kappa shape index (κ1) is 18.3. The van der Waals surface area contributed by atoms with Crippen LogP contribution in [0.25, 0.3) is 21.8 Å². The normalized spacial score (nSPS) is 11.4. The van der Waals surface area contributed by atoms with Crippen molar-refractivity contribution in [2.24, 2.45) is 5.73 Å². The van der Waals surface area contributed by atoms with Crippen molar-refractivity contribution in [3.63, 3.8) is 0 Å². The number of rotatable bonds is 5. The van der Waals surface area contributed by atoms with Crippen LogP contribution in [0.1, 0.15) is 32.6 Å². The summed E-state index contributed by atoms with van der Waals surface area (Å²) in [6.07, 6.45) is 0. The first-order valence-electron chi connectivity index (χ1n) is 9.30. The van der Waals surface area contributed by atoms with Gasteiger partial charge in [0.2, 0.25) is 5.91 Å². The molecule has 141 valence electrons. The highest BCUT2D eigenvalue weighted by atomic mass is 16.5. The summed E-state index contributed by atoms with van der Waals surface area (Å²) in [6, 6.07) is 19.5. The van der Waals surface area contributed by atoms with Crippen molar-refractivity contribution in [3.8, 4) is 0 Å². The second-order valence-corrected chi connectivity index (χ2v) is 7.21. The lowest BCUT2D eigenvalue weighted by molar-refractivity contribution is 0.100. The molecule has 2 N–H and O–H groups in total. The van der Waals surface area contributed by atoms with Gasteiger partial charge in [-0.2, -0.15) is 0 Å². The van der Waals surface area contributed by atoms with Crippen LogP contribution in [-0.2, 0) is 17.9 Å². The quantitative estimate of drug-likeness (QED) is 0.561. The Bertz CT molecular complexity index is 1200. The van der Waals surface area contributed by atoms with E-state index < -0.39 is 5.91 Å². The topological polar surface area (TPSA) is 57.2 Å². The molecular weight excluding hydrogens is 348 g/mol. The zero-order valence-electron chi connectivity index (χ0n) is 16.4. The van der Waals surface area contributed by atoms with E-state index in [1.54, 1.807) is 13.2 Å². The number of nitrogens with two attached hydrogens (primary N) is 1. The minimum atomic E-state index is -0.425. The van der Waals surface area contributed by atoms with Gasteiger partial charge in [-0.3, -0.25) is 4.79 Å². The summed E-state index contributed by atoms with van der Waals surface area (Å²) in [7, 11) is 1.68. The molecule has 1 amide bonds. The highest BCUT2D eigenvalue weighted by Crippen LogP contribution is 2.33. The average molecular weight is 371 g/mol. The summed E-state index contributed by atoms with van der Waals surface area (Å²) in [5, 5.41) is 1.77. The SMILES string of the molecule is COCc1c[c]c2c3c(C(N)=O)cccc3n(Cc3cccc(C)c3C)c2c1. The molecule has 4 nitrogen and oxygen atoms in total. The van der Waals surface area contributed by atoms with Crippen LogP contribution < -0.4 is 5.73 Å². The predicted molar refractivity (Wildman–Crippen MR) is 113 cm³/mol. The molecule has 0 aliphatic carbocycles. The Morgan fingerprint density at radius 3 is 2.68 bits per heavy atom. The number of primary amides is 1. The molecule has 1 aromatic heterocycles. The number of benzene rings is 3. The fourth-order valence-electron chi connectivity index (χ4n) is 3.88. The molecule has 0 fully saturated rings. The Morgan fingerprint density at radius 2 is 1.93 bits per heavy atom. The van der Waals surface area contributed by atoms with Crippen LogP contribution in [0.5, 0.6) is 0 Å². The Morgan fingerprint density at radius 1 is 1.14 bits per heavy atom. The lowest BCUT2D eigenvalue weighted by Gasteiger charge is -2.12. The van der Waals surface area contributed by atoms with Gasteiger partial charge in [-0.25, -0.2) is 0 Å². The van der Waals surface area contributed by atoms with Crippen molar-refractivity contribution in [2.75, 3.05) is 7.11 Å². The van der Waals surface area contributed by atoms with Crippen LogP contribution in [0.15, 0.2) is 48.5 Å². The molecule has 0 atom stereocenters. The van der Waals surface area contributed by atoms with Gasteiger partial charge in [0, 0.05) is 30.0 Å². The van der Waals surface area contributed by atoms with Crippen molar-refractivity contribution in [2.45, 2.75) is 27.0 Å². The van der Waals surface area contributed by atoms with Crippen molar-refractivity contribution >= 4 is 27.7 Å². The third-order valence-electron chi connectivity index (χ3n) is 5.48. The molecule has 1 heterocycles. The van der Waals surface area contributed by atoms with Crippen LogP contribution >= 0.6 is 0 Å². The van der Waals surface area contributed by atoms with Crippen LogP contribution in [0.2, 0.25) is 0 Å². The van der Waals surface area contributed by atoms with Crippen molar-refractivity contribution < 1.29 is 9.53 Å². The molecule has 0 bridgehead atoms. The van der Waals surface area contributed by atoms with Gasteiger partial charge in [0.15, 0.2) is 0 Å². The molecule has 4 aromatic rings. The molecule has 0 unspecified atom stereocenters. The Kier molecular flexibility index (Phi) is 4.65. The number of aromatic nitrogens is 1. The maximum atomic E-state index is 12.1. The summed E-state index contributed by atoms with van der Waals surface area (Å²) in [5.74, 6) is -0.425. The Hall–Kier alpha value is -3.11. The molecular formula is C24H23N2O2. The van der Waals surface area contributed by atoms with Gasteiger partial charge in [0.05, 0.1) is 17.6 Å². The molecule has 3 aromatic carbocycles. The summed E-state index contributed by atoms with van der Waals surface area (Å²) >= 11 is 0. The summed E-state index contributed by atoms with van der Waals surface area (Å²) in [4.78, 5) is 12.1. The fraction of sp³-hybridized carbons (Fsp3) is 0.208. The van der Waals surface area contributed by atoms with Crippen LogP contribution in [-0.4, -0.2) is 17.6 Å². The maximum absolute atomic E-state index is 12.1. The lowest BCUT2D eigenvalue weighted by Crippen LogP contribution is -2.11. The minimum absolute atomic E-state index is 0.425. The average Bonchev–Trinajstić information content (AvgIpc) is 2.99. The van der Waals surface area contributed by atoms with Crippen molar-refractivity contribution in [3.05, 3.63) is 82.4 Å². The molecule has 28 heavy (non-hydrogen) atoms. The number of carbonyl (C=O) groups is 1. The summed E-state index contributed by atoms with van der Waals surface area (Å²) in [6.45, 7) is 5.50. The zero-order chi connectivity index (χ0) is 19.8. The largest absolute Gasteiger partial charge is 0.380 e. The highest BCUT2D eigenvalue weighted by molar-refractivity contribution is 6.17. The number of hydrogen-bond donors (Lipinski definition) is 1. The highest BCUT2D eigenvalue weighted by Gasteiger charge is 2.17. The number of aryl methyl sites for hydroxylation is 1. The smallest absolute Gasteiger partial charge is 0.249 e. The van der Waals surface area contributed by atoms with Gasteiger partial charge < -0.3 is 15.0 Å². The first-order valence-corrected chi connectivity index (χ1v) is 9.30. The van der Waals surface area contributed by atoms with Crippen LogP contribution in [0, 0.1) is 19.9 Å². The van der Waals surface area contributed by atoms with Gasteiger partial charge in [-0.15, -0.1) is 0 Å². The molecule has 0 aliphatic rings. The summed E-state index contributed by atoms with van der Waals surface area (Å²) in [5.41, 5.74) is 13.0. The number of amides is 1. The molecule has 0 spiro atoms. The van der Waals surface area contributed by atoms with Crippen molar-refractivity contribution in [1.29, 1.82) is 0 Å². The standard InChI is InChI=1S/C24H23N2O2/c1-15-6-4-7-18(16(15)2)13-26-21-9-5-8-20(24(25)27)23(21)19-11-10-17(14-28-3)12-22(19)26/h4-10,12H,13-14H2,1-3H3,(H2,25,27).